The minimum atomic E-state index is -1.10. The first-order valence-corrected chi connectivity index (χ1v) is 13.0. The first-order chi connectivity index (χ1) is 18.4. The molecule has 1 spiro atoms. The van der Waals surface area contributed by atoms with E-state index >= 15 is 4.39 Å². The van der Waals surface area contributed by atoms with Crippen molar-refractivity contribution in [1.82, 2.24) is 14.8 Å². The molecule has 3 fully saturated rings. The number of ether oxygens (including phenoxy) is 2. The number of rotatable bonds is 6. The van der Waals surface area contributed by atoms with Crippen molar-refractivity contribution < 1.29 is 28.6 Å². The number of hydrogen-bond donors (Lipinski definition) is 1. The maximum atomic E-state index is 15.5. The summed E-state index contributed by atoms with van der Waals surface area (Å²) in [5.41, 5.74) is 1.88. The number of piperidine rings is 1. The summed E-state index contributed by atoms with van der Waals surface area (Å²) in [7, 11) is 1.59. The van der Waals surface area contributed by atoms with E-state index in [-0.39, 0.29) is 18.1 Å². The number of fused-ring (bicyclic) bond motifs is 1. The molecule has 2 aliphatic heterocycles. The van der Waals surface area contributed by atoms with Gasteiger partial charge in [-0.2, -0.15) is 0 Å². The predicted molar refractivity (Wildman–Crippen MR) is 138 cm³/mol. The van der Waals surface area contributed by atoms with E-state index in [1.807, 2.05) is 29.2 Å². The number of likely N-dealkylation sites (tertiary alicyclic amines) is 1. The molecule has 38 heavy (non-hydrogen) atoms. The van der Waals surface area contributed by atoms with Gasteiger partial charge in [0.1, 0.15) is 24.2 Å². The van der Waals surface area contributed by atoms with Gasteiger partial charge in [-0.3, -0.25) is 19.5 Å². The van der Waals surface area contributed by atoms with E-state index in [0.717, 1.165) is 29.3 Å². The summed E-state index contributed by atoms with van der Waals surface area (Å²) in [5.74, 6) is -0.950. The van der Waals surface area contributed by atoms with Gasteiger partial charge in [-0.25, -0.2) is 4.39 Å². The van der Waals surface area contributed by atoms with Crippen LogP contribution in [0.4, 0.5) is 4.39 Å². The fraction of sp³-hybridized carbons (Fsp3) is 0.414. The molecule has 6 rings (SSSR count). The number of morpholine rings is 1. The van der Waals surface area contributed by atoms with Gasteiger partial charge in [-0.15, -0.1) is 0 Å². The van der Waals surface area contributed by atoms with Gasteiger partial charge in [-0.05, 0) is 55.0 Å². The van der Waals surface area contributed by atoms with Gasteiger partial charge in [0, 0.05) is 30.1 Å². The summed E-state index contributed by atoms with van der Waals surface area (Å²) in [6.45, 7) is 1.53. The number of halogens is 1. The first-order valence-electron chi connectivity index (χ1n) is 13.0. The summed E-state index contributed by atoms with van der Waals surface area (Å²) in [6, 6.07) is 11.5. The molecule has 3 aliphatic rings. The van der Waals surface area contributed by atoms with E-state index in [9.17, 15) is 14.7 Å². The molecule has 3 heterocycles. The molecule has 8 nitrogen and oxygen atoms in total. The third kappa shape index (κ3) is 4.61. The Bertz CT molecular complexity index is 1400. The highest BCUT2D eigenvalue weighted by molar-refractivity contribution is 5.85. The zero-order chi connectivity index (χ0) is 26.4. The number of pyridine rings is 1. The highest BCUT2D eigenvalue weighted by Gasteiger charge is 2.47. The number of amides is 1. The quantitative estimate of drug-likeness (QED) is 0.526. The molecule has 1 amide bonds. The molecular formula is C29H30FN3O5. The Morgan fingerprint density at radius 2 is 1.89 bits per heavy atom. The topological polar surface area (TPSA) is 92.2 Å². The SMILES string of the molecule is COc1cnc2cc(-c3ccc(C(C(=O)O)N4CCC5(CC4)CN(C4CC4)C(=O)CO5)c(F)c3)ccc2c1. The molecule has 1 aromatic heterocycles. The lowest BCUT2D eigenvalue weighted by molar-refractivity contribution is -0.174. The highest BCUT2D eigenvalue weighted by Crippen LogP contribution is 2.38. The largest absolute Gasteiger partial charge is 0.495 e. The van der Waals surface area contributed by atoms with Crippen LogP contribution in [0.1, 0.15) is 37.3 Å². The van der Waals surface area contributed by atoms with E-state index in [2.05, 4.69) is 4.98 Å². The van der Waals surface area contributed by atoms with Crippen LogP contribution in [-0.2, 0) is 14.3 Å². The smallest absolute Gasteiger partial charge is 0.325 e. The fourth-order valence-corrected chi connectivity index (χ4v) is 5.76. The predicted octanol–water partition coefficient (Wildman–Crippen LogP) is 4.03. The van der Waals surface area contributed by atoms with Crippen molar-refractivity contribution in [2.45, 2.75) is 43.4 Å². The van der Waals surface area contributed by atoms with Crippen LogP contribution in [0.2, 0.25) is 0 Å². The summed E-state index contributed by atoms with van der Waals surface area (Å²) in [6.07, 6.45) is 4.91. The number of nitrogens with zero attached hydrogens (tertiary/aromatic N) is 3. The molecule has 0 radical (unpaired) electrons. The molecule has 1 N–H and O–H groups in total. The van der Waals surface area contributed by atoms with Crippen molar-refractivity contribution in [1.29, 1.82) is 0 Å². The number of benzene rings is 2. The Morgan fingerprint density at radius 1 is 1.16 bits per heavy atom. The second kappa shape index (κ2) is 9.63. The Morgan fingerprint density at radius 3 is 2.58 bits per heavy atom. The lowest BCUT2D eigenvalue weighted by atomic mass is 9.87. The Labute approximate surface area is 220 Å². The number of carboxylic acid groups (broad SMARTS) is 1. The van der Waals surface area contributed by atoms with Gasteiger partial charge in [0.25, 0.3) is 0 Å². The van der Waals surface area contributed by atoms with Crippen molar-refractivity contribution in [3.63, 3.8) is 0 Å². The number of methoxy groups -OCH3 is 1. The highest BCUT2D eigenvalue weighted by atomic mass is 19.1. The third-order valence-corrected chi connectivity index (χ3v) is 8.10. The van der Waals surface area contributed by atoms with Gasteiger partial charge in [0.2, 0.25) is 5.91 Å². The van der Waals surface area contributed by atoms with Crippen molar-refractivity contribution in [3.05, 3.63) is 60.0 Å². The van der Waals surface area contributed by atoms with Gasteiger partial charge >= 0.3 is 5.97 Å². The van der Waals surface area contributed by atoms with Gasteiger partial charge in [0.15, 0.2) is 0 Å². The molecule has 198 valence electrons. The maximum absolute atomic E-state index is 15.5. The van der Waals surface area contributed by atoms with Crippen molar-refractivity contribution in [2.75, 3.05) is 33.4 Å². The zero-order valence-corrected chi connectivity index (χ0v) is 21.2. The van der Waals surface area contributed by atoms with Crippen LogP contribution < -0.4 is 4.74 Å². The number of carbonyl (C=O) groups is 2. The van der Waals surface area contributed by atoms with E-state index in [4.69, 9.17) is 9.47 Å². The molecule has 9 heteroatoms. The van der Waals surface area contributed by atoms with E-state index in [0.29, 0.717) is 49.8 Å². The normalized spacial score (nSPS) is 20.6. The Hall–Kier alpha value is -3.56. The van der Waals surface area contributed by atoms with Crippen molar-refractivity contribution >= 4 is 22.8 Å². The third-order valence-electron chi connectivity index (χ3n) is 8.10. The van der Waals surface area contributed by atoms with Gasteiger partial charge in [-0.1, -0.05) is 24.3 Å². The van der Waals surface area contributed by atoms with Crippen molar-refractivity contribution in [3.8, 4) is 16.9 Å². The molecule has 3 aromatic rings. The zero-order valence-electron chi connectivity index (χ0n) is 21.2. The van der Waals surface area contributed by atoms with Gasteiger partial charge in [0.05, 0.1) is 31.0 Å². The maximum Gasteiger partial charge on any atom is 0.325 e. The van der Waals surface area contributed by atoms with Crippen LogP contribution in [0.25, 0.3) is 22.0 Å². The monoisotopic (exact) mass is 519 g/mol. The van der Waals surface area contributed by atoms with Gasteiger partial charge < -0.3 is 19.5 Å². The summed E-state index contributed by atoms with van der Waals surface area (Å²) >= 11 is 0. The van der Waals surface area contributed by atoms with Crippen LogP contribution in [0.15, 0.2) is 48.7 Å². The minimum absolute atomic E-state index is 0.0352. The second-order valence-corrected chi connectivity index (χ2v) is 10.5. The Kier molecular flexibility index (Phi) is 6.28. The summed E-state index contributed by atoms with van der Waals surface area (Å²) in [4.78, 5) is 32.8. The van der Waals surface area contributed by atoms with Crippen LogP contribution in [0.5, 0.6) is 5.75 Å². The van der Waals surface area contributed by atoms with Crippen LogP contribution in [0, 0.1) is 5.82 Å². The first kappa shape index (κ1) is 24.8. The number of carbonyl (C=O) groups excluding carboxylic acids is 1. The standard InChI is InChI=1S/C29H30FN3O5/c1-37-22-12-20-3-2-19(14-25(20)31-15-22)18-4-7-23(24(30)13-18)27(28(35)36)32-10-8-29(9-11-32)17-33(21-5-6-21)26(34)16-38-29/h2-4,7,12-15,21,27H,5-6,8-11,16-17H2,1H3,(H,35,36). The van der Waals surface area contributed by atoms with E-state index < -0.39 is 23.4 Å². The average molecular weight is 520 g/mol. The molecule has 0 bridgehead atoms. The lowest BCUT2D eigenvalue weighted by Gasteiger charge is -2.48. The molecule has 1 atom stereocenters. The Balaban J connectivity index is 1.20. The molecule has 1 saturated carbocycles. The van der Waals surface area contributed by atoms with Crippen LogP contribution in [-0.4, -0.2) is 76.8 Å². The number of carboxylic acids is 1. The lowest BCUT2D eigenvalue weighted by Crippen LogP contribution is -2.59. The number of aromatic nitrogens is 1. The van der Waals surface area contributed by atoms with Crippen LogP contribution >= 0.6 is 0 Å². The summed E-state index contributed by atoms with van der Waals surface area (Å²) in [5, 5.41) is 11.0. The summed E-state index contributed by atoms with van der Waals surface area (Å²) < 4.78 is 26.7. The molecule has 2 aromatic carbocycles. The fourth-order valence-electron chi connectivity index (χ4n) is 5.76. The minimum Gasteiger partial charge on any atom is -0.495 e. The van der Waals surface area contributed by atoms with E-state index in [1.165, 1.54) is 6.07 Å². The number of aliphatic carboxylic acids is 1. The average Bonchev–Trinajstić information content (AvgIpc) is 3.77. The number of hydrogen-bond acceptors (Lipinski definition) is 6. The molecule has 1 aliphatic carbocycles. The second-order valence-electron chi connectivity index (χ2n) is 10.5. The van der Waals surface area contributed by atoms with E-state index in [1.54, 1.807) is 30.3 Å². The van der Waals surface area contributed by atoms with Crippen LogP contribution in [0.3, 0.4) is 0 Å². The molecular weight excluding hydrogens is 489 g/mol. The molecule has 1 unspecified atom stereocenters. The van der Waals surface area contributed by atoms with Crippen molar-refractivity contribution in [2.24, 2.45) is 0 Å². The molecule has 2 saturated heterocycles.